The van der Waals surface area contributed by atoms with Crippen molar-refractivity contribution in [3.05, 3.63) is 88.7 Å². The second kappa shape index (κ2) is 7.09. The van der Waals surface area contributed by atoms with Gasteiger partial charge in [-0.3, -0.25) is 4.40 Å². The maximum absolute atomic E-state index is 12.5. The molecule has 2 aromatic heterocycles. The van der Waals surface area contributed by atoms with Gasteiger partial charge in [0.1, 0.15) is 0 Å². The Kier molecular flexibility index (Phi) is 4.48. The van der Waals surface area contributed by atoms with E-state index in [0.29, 0.717) is 12.2 Å². The van der Waals surface area contributed by atoms with Crippen LogP contribution in [-0.4, -0.2) is 19.1 Å². The maximum atomic E-state index is 12.5. The van der Waals surface area contributed by atoms with Gasteiger partial charge in [-0.15, -0.1) is 0 Å². The molecule has 27 heavy (non-hydrogen) atoms. The predicted molar refractivity (Wildman–Crippen MR) is 106 cm³/mol. The number of aliphatic hydroxyl groups excluding tert-OH is 1. The molecule has 0 amide bonds. The third-order valence-electron chi connectivity index (χ3n) is 4.50. The number of aliphatic hydroxyl groups is 1. The molecule has 4 rings (SSSR count). The molecule has 2 aromatic carbocycles. The molecule has 136 valence electrons. The summed E-state index contributed by atoms with van der Waals surface area (Å²) < 4.78 is 3.12. The summed E-state index contributed by atoms with van der Waals surface area (Å²) in [4.78, 5) is 17.2. The topological polar surface area (TPSA) is 71.6 Å². The molecule has 0 aliphatic heterocycles. The van der Waals surface area contributed by atoms with E-state index in [4.69, 9.17) is 0 Å². The first kappa shape index (κ1) is 17.1. The van der Waals surface area contributed by atoms with Crippen molar-refractivity contribution < 1.29 is 5.11 Å². The second-order valence-electron chi connectivity index (χ2n) is 6.44. The summed E-state index contributed by atoms with van der Waals surface area (Å²) in [5.74, 6) is 0. The molecule has 0 aliphatic rings. The van der Waals surface area contributed by atoms with Gasteiger partial charge in [0.05, 0.1) is 18.8 Å². The number of fused-ring (bicyclic) bond motifs is 1. The molecule has 0 saturated carbocycles. The van der Waals surface area contributed by atoms with Crippen LogP contribution in [0.15, 0.2) is 71.8 Å². The third kappa shape index (κ3) is 3.35. The molecule has 6 nitrogen and oxygen atoms in total. The van der Waals surface area contributed by atoms with Gasteiger partial charge in [0.15, 0.2) is 5.65 Å². The van der Waals surface area contributed by atoms with Gasteiger partial charge in [-0.05, 0) is 29.3 Å². The van der Waals surface area contributed by atoms with E-state index in [1.807, 2.05) is 54.6 Å². The molecule has 0 unspecified atom stereocenters. The Morgan fingerprint density at radius 2 is 1.89 bits per heavy atom. The summed E-state index contributed by atoms with van der Waals surface area (Å²) in [5.41, 5.74) is 4.81. The van der Waals surface area contributed by atoms with Gasteiger partial charge in [-0.1, -0.05) is 36.4 Å². The van der Waals surface area contributed by atoms with Crippen LogP contribution < -0.4 is 11.0 Å². The lowest BCUT2D eigenvalue weighted by Gasteiger charge is -2.08. The van der Waals surface area contributed by atoms with Crippen molar-refractivity contribution in [3.8, 4) is 11.1 Å². The highest BCUT2D eigenvalue weighted by Crippen LogP contribution is 2.24. The van der Waals surface area contributed by atoms with E-state index in [0.717, 1.165) is 28.1 Å². The monoisotopic (exact) mass is 360 g/mol. The molecule has 0 fully saturated rings. The zero-order valence-electron chi connectivity index (χ0n) is 15.0. The second-order valence-corrected chi connectivity index (χ2v) is 6.44. The molecule has 0 aliphatic carbocycles. The lowest BCUT2D eigenvalue weighted by molar-refractivity contribution is 0.282. The summed E-state index contributed by atoms with van der Waals surface area (Å²) in [6, 6.07) is 17.5. The summed E-state index contributed by atoms with van der Waals surface area (Å²) in [6.07, 6.45) is 3.56. The van der Waals surface area contributed by atoms with Crippen molar-refractivity contribution >= 4 is 11.3 Å². The number of nitrogens with one attached hydrogen (secondary N) is 1. The lowest BCUT2D eigenvalue weighted by atomic mass is 10.1. The average molecular weight is 360 g/mol. The first-order valence-corrected chi connectivity index (χ1v) is 8.72. The van der Waals surface area contributed by atoms with Crippen LogP contribution in [0.25, 0.3) is 16.8 Å². The number of aromatic nitrogens is 3. The third-order valence-corrected chi connectivity index (χ3v) is 4.50. The minimum Gasteiger partial charge on any atom is -0.392 e. The Hall–Kier alpha value is -3.38. The Bertz CT molecular complexity index is 1150. The van der Waals surface area contributed by atoms with E-state index >= 15 is 0 Å². The van der Waals surface area contributed by atoms with E-state index in [9.17, 15) is 9.90 Å². The van der Waals surface area contributed by atoms with Crippen LogP contribution in [0.5, 0.6) is 0 Å². The van der Waals surface area contributed by atoms with E-state index in [2.05, 4.69) is 10.3 Å². The van der Waals surface area contributed by atoms with Crippen molar-refractivity contribution in [2.75, 3.05) is 5.32 Å². The fourth-order valence-corrected chi connectivity index (χ4v) is 3.12. The van der Waals surface area contributed by atoms with Gasteiger partial charge in [0, 0.05) is 30.7 Å². The van der Waals surface area contributed by atoms with Crippen LogP contribution in [0.4, 0.5) is 5.69 Å². The zero-order valence-corrected chi connectivity index (χ0v) is 15.0. The van der Waals surface area contributed by atoms with E-state index in [1.54, 1.807) is 28.4 Å². The molecular weight excluding hydrogens is 340 g/mol. The molecule has 0 radical (unpaired) electrons. The SMILES string of the molecule is Cn1cc(-c2cccc(CO)c2)c2nc(CNc3ccccc3)cn2c1=O. The Morgan fingerprint density at radius 1 is 1.07 bits per heavy atom. The van der Waals surface area contributed by atoms with Gasteiger partial charge in [0.2, 0.25) is 0 Å². The number of rotatable bonds is 5. The standard InChI is InChI=1S/C21H20N4O2/c1-24-13-19(16-7-5-6-15(10-16)14-26)20-23-18(12-25(20)21(24)27)11-22-17-8-3-2-4-9-17/h2-10,12-13,22,26H,11,14H2,1H3. The summed E-state index contributed by atoms with van der Waals surface area (Å²) in [6.45, 7) is 0.488. The molecule has 0 bridgehead atoms. The number of aryl methyl sites for hydroxylation is 1. The van der Waals surface area contributed by atoms with Crippen LogP contribution in [0.1, 0.15) is 11.3 Å². The molecule has 0 saturated heterocycles. The van der Waals surface area contributed by atoms with Crippen molar-refractivity contribution in [2.24, 2.45) is 7.05 Å². The minimum absolute atomic E-state index is 0.0312. The van der Waals surface area contributed by atoms with Gasteiger partial charge < -0.3 is 15.0 Å². The molecule has 4 aromatic rings. The van der Waals surface area contributed by atoms with Crippen molar-refractivity contribution in [3.63, 3.8) is 0 Å². The number of benzene rings is 2. The normalized spacial score (nSPS) is 11.0. The van der Waals surface area contributed by atoms with Crippen molar-refractivity contribution in [1.29, 1.82) is 0 Å². The van der Waals surface area contributed by atoms with Gasteiger partial charge >= 0.3 is 5.69 Å². The van der Waals surface area contributed by atoms with Gasteiger partial charge in [-0.25, -0.2) is 9.78 Å². The zero-order chi connectivity index (χ0) is 18.8. The highest BCUT2D eigenvalue weighted by Gasteiger charge is 2.13. The largest absolute Gasteiger partial charge is 0.392 e. The number of hydrogen-bond acceptors (Lipinski definition) is 4. The number of para-hydroxylation sites is 1. The van der Waals surface area contributed by atoms with Gasteiger partial charge in [-0.2, -0.15) is 0 Å². The van der Waals surface area contributed by atoms with E-state index in [-0.39, 0.29) is 12.3 Å². The summed E-state index contributed by atoms with van der Waals surface area (Å²) >= 11 is 0. The number of nitrogens with zero attached hydrogens (tertiary/aromatic N) is 3. The molecule has 2 N–H and O–H groups in total. The first-order valence-electron chi connectivity index (χ1n) is 8.72. The quantitative estimate of drug-likeness (QED) is 0.574. The fraction of sp³-hybridized carbons (Fsp3) is 0.143. The molecule has 6 heteroatoms. The Labute approximate surface area is 156 Å². The fourth-order valence-electron chi connectivity index (χ4n) is 3.12. The van der Waals surface area contributed by atoms with E-state index < -0.39 is 0 Å². The van der Waals surface area contributed by atoms with Crippen molar-refractivity contribution in [1.82, 2.24) is 14.0 Å². The molecule has 0 spiro atoms. The van der Waals surface area contributed by atoms with Crippen LogP contribution >= 0.6 is 0 Å². The summed E-state index contributed by atoms with van der Waals surface area (Å²) in [5, 5.41) is 12.7. The predicted octanol–water partition coefficient (Wildman–Crippen LogP) is 2.80. The van der Waals surface area contributed by atoms with Crippen molar-refractivity contribution in [2.45, 2.75) is 13.2 Å². The van der Waals surface area contributed by atoms with Crippen LogP contribution in [0.3, 0.4) is 0 Å². The van der Waals surface area contributed by atoms with E-state index in [1.165, 1.54) is 0 Å². The number of imidazole rings is 1. The van der Waals surface area contributed by atoms with Crippen LogP contribution in [0.2, 0.25) is 0 Å². The Balaban J connectivity index is 1.77. The van der Waals surface area contributed by atoms with Crippen LogP contribution in [-0.2, 0) is 20.2 Å². The molecule has 2 heterocycles. The number of hydrogen-bond donors (Lipinski definition) is 2. The Morgan fingerprint density at radius 3 is 2.67 bits per heavy atom. The first-order chi connectivity index (χ1) is 13.2. The maximum Gasteiger partial charge on any atom is 0.333 e. The smallest absolute Gasteiger partial charge is 0.333 e. The van der Waals surface area contributed by atoms with Crippen LogP contribution in [0, 0.1) is 0 Å². The van der Waals surface area contributed by atoms with Gasteiger partial charge in [0.25, 0.3) is 0 Å². The highest BCUT2D eigenvalue weighted by atomic mass is 16.3. The minimum atomic E-state index is -0.148. The average Bonchev–Trinajstić information content (AvgIpc) is 3.14. The lowest BCUT2D eigenvalue weighted by Crippen LogP contribution is -2.23. The molecular formula is C21H20N4O2. The summed E-state index contributed by atoms with van der Waals surface area (Å²) in [7, 11) is 1.73. The highest BCUT2D eigenvalue weighted by molar-refractivity contribution is 5.77. The number of anilines is 1. The molecule has 0 atom stereocenters.